The lowest BCUT2D eigenvalue weighted by atomic mass is 10.0. The van der Waals surface area contributed by atoms with Gasteiger partial charge in [0.2, 0.25) is 0 Å². The summed E-state index contributed by atoms with van der Waals surface area (Å²) in [6, 6.07) is 27.0. The molecule has 0 saturated heterocycles. The van der Waals surface area contributed by atoms with Gasteiger partial charge in [0.15, 0.2) is 21.9 Å². The van der Waals surface area contributed by atoms with E-state index < -0.39 is 11.6 Å². The van der Waals surface area contributed by atoms with Crippen molar-refractivity contribution in [1.29, 1.82) is 0 Å². The van der Waals surface area contributed by atoms with E-state index in [1.54, 1.807) is 0 Å². The first-order chi connectivity index (χ1) is 20.9. The molecule has 0 aromatic heterocycles. The van der Waals surface area contributed by atoms with Crippen LogP contribution in [0, 0.1) is 24.0 Å². The van der Waals surface area contributed by atoms with Crippen molar-refractivity contribution in [1.82, 2.24) is 0 Å². The molecule has 0 N–H and O–H groups in total. The normalized spacial score (nSPS) is 10.8. The standard InChI is InChI=1S/C37H34F2O2S2/c1-2-27-12-14-28(15-13-27)29-16-21-32(22-17-29)42-36(40)10-8-6-4-3-5-7-9-11-37(41)43-33-23-18-30(19-24-33)31-20-25-34(38)35(39)26-31/h1,12-26H,3-11H2. The maximum atomic E-state index is 13.5. The number of halogens is 2. The largest absolute Gasteiger partial charge is 0.287 e. The predicted octanol–water partition coefficient (Wildman–Crippen LogP) is 10.7. The number of terminal acetylenes is 1. The zero-order valence-corrected chi connectivity index (χ0v) is 25.6. The lowest BCUT2D eigenvalue weighted by molar-refractivity contribution is -0.111. The molecule has 0 bridgehead atoms. The molecule has 4 rings (SSSR count). The first-order valence-electron chi connectivity index (χ1n) is 14.6. The molecule has 0 amide bonds. The molecule has 0 aliphatic carbocycles. The number of hydrogen-bond acceptors (Lipinski definition) is 4. The van der Waals surface area contributed by atoms with E-state index in [0.29, 0.717) is 18.4 Å². The molecular formula is C37H34F2O2S2. The highest BCUT2D eigenvalue weighted by Crippen LogP contribution is 2.28. The fourth-order valence-electron chi connectivity index (χ4n) is 4.65. The fraction of sp³-hybridized carbons (Fsp3) is 0.243. The fourth-order valence-corrected chi connectivity index (χ4v) is 6.22. The summed E-state index contributed by atoms with van der Waals surface area (Å²) in [6.07, 6.45) is 13.6. The Balaban J connectivity index is 1.03. The molecule has 0 unspecified atom stereocenters. The third-order valence-electron chi connectivity index (χ3n) is 7.07. The molecule has 4 aromatic rings. The topological polar surface area (TPSA) is 34.1 Å². The van der Waals surface area contributed by atoms with E-state index in [0.717, 1.165) is 83.1 Å². The van der Waals surface area contributed by atoms with Crippen LogP contribution in [-0.4, -0.2) is 10.2 Å². The summed E-state index contributed by atoms with van der Waals surface area (Å²) in [6.45, 7) is 0. The number of unbranched alkanes of at least 4 members (excludes halogenated alkanes) is 6. The molecule has 0 spiro atoms. The molecule has 6 heteroatoms. The molecule has 0 aliphatic rings. The van der Waals surface area contributed by atoms with E-state index in [2.05, 4.69) is 5.92 Å². The zero-order valence-electron chi connectivity index (χ0n) is 24.0. The highest BCUT2D eigenvalue weighted by Gasteiger charge is 2.09. The molecule has 2 nitrogen and oxygen atoms in total. The van der Waals surface area contributed by atoms with Crippen LogP contribution in [0.5, 0.6) is 0 Å². The Morgan fingerprint density at radius 2 is 0.930 bits per heavy atom. The molecule has 0 heterocycles. The molecule has 0 atom stereocenters. The second-order valence-corrected chi connectivity index (χ2v) is 12.6. The molecule has 220 valence electrons. The average Bonchev–Trinajstić information content (AvgIpc) is 3.02. The Labute approximate surface area is 261 Å². The van der Waals surface area contributed by atoms with E-state index in [1.807, 2.05) is 72.8 Å². The Morgan fingerprint density at radius 3 is 1.37 bits per heavy atom. The van der Waals surface area contributed by atoms with Gasteiger partial charge in [-0.1, -0.05) is 104 Å². The lowest BCUT2D eigenvalue weighted by Gasteiger charge is -2.06. The van der Waals surface area contributed by atoms with Gasteiger partial charge < -0.3 is 0 Å². The van der Waals surface area contributed by atoms with E-state index in [-0.39, 0.29) is 10.2 Å². The van der Waals surface area contributed by atoms with Gasteiger partial charge in [0.25, 0.3) is 0 Å². The molecule has 0 radical (unpaired) electrons. The van der Waals surface area contributed by atoms with Crippen LogP contribution >= 0.6 is 23.5 Å². The molecule has 43 heavy (non-hydrogen) atoms. The quantitative estimate of drug-likeness (QED) is 0.0806. The number of thioether (sulfide) groups is 2. The smallest absolute Gasteiger partial charge is 0.193 e. The number of rotatable bonds is 14. The Bertz CT molecular complexity index is 1540. The first-order valence-corrected chi connectivity index (χ1v) is 16.2. The van der Waals surface area contributed by atoms with E-state index in [9.17, 15) is 18.4 Å². The summed E-state index contributed by atoms with van der Waals surface area (Å²) >= 11 is 2.53. The summed E-state index contributed by atoms with van der Waals surface area (Å²) in [5.74, 6) is 0.879. The number of benzene rings is 4. The maximum absolute atomic E-state index is 13.5. The van der Waals surface area contributed by atoms with Gasteiger partial charge in [-0.15, -0.1) is 6.42 Å². The minimum absolute atomic E-state index is 0.130. The van der Waals surface area contributed by atoms with Crippen molar-refractivity contribution in [2.24, 2.45) is 0 Å². The van der Waals surface area contributed by atoms with Crippen LogP contribution in [0.1, 0.15) is 63.4 Å². The van der Waals surface area contributed by atoms with Crippen molar-refractivity contribution in [3.63, 3.8) is 0 Å². The second-order valence-electron chi connectivity index (χ2n) is 10.3. The summed E-state index contributed by atoms with van der Waals surface area (Å²) in [7, 11) is 0. The van der Waals surface area contributed by atoms with Crippen LogP contribution in [0.2, 0.25) is 0 Å². The third-order valence-corrected chi connectivity index (χ3v) is 8.95. The van der Waals surface area contributed by atoms with Crippen LogP contribution in [0.15, 0.2) is 101 Å². The highest BCUT2D eigenvalue weighted by atomic mass is 32.2. The first kappa shape index (κ1) is 32.3. The van der Waals surface area contributed by atoms with Gasteiger partial charge in [-0.25, -0.2) is 8.78 Å². The monoisotopic (exact) mass is 612 g/mol. The van der Waals surface area contributed by atoms with Crippen molar-refractivity contribution in [2.45, 2.75) is 67.6 Å². The Kier molecular flexibility index (Phi) is 12.6. The van der Waals surface area contributed by atoms with Crippen LogP contribution < -0.4 is 0 Å². The van der Waals surface area contributed by atoms with Gasteiger partial charge in [0, 0.05) is 28.2 Å². The average molecular weight is 613 g/mol. The zero-order chi connectivity index (χ0) is 30.4. The van der Waals surface area contributed by atoms with Gasteiger partial charge in [-0.05, 0) is 83.6 Å². The highest BCUT2D eigenvalue weighted by molar-refractivity contribution is 8.13. The van der Waals surface area contributed by atoms with Gasteiger partial charge in [-0.3, -0.25) is 9.59 Å². The summed E-state index contributed by atoms with van der Waals surface area (Å²) in [4.78, 5) is 26.5. The number of carbonyl (C=O) groups is 2. The molecule has 0 saturated carbocycles. The van der Waals surface area contributed by atoms with Crippen LogP contribution in [0.3, 0.4) is 0 Å². The molecule has 0 aliphatic heterocycles. The Hall–Kier alpha value is -3.66. The molecule has 4 aromatic carbocycles. The third kappa shape index (κ3) is 10.5. The Morgan fingerprint density at radius 1 is 0.535 bits per heavy atom. The van der Waals surface area contributed by atoms with E-state index in [4.69, 9.17) is 6.42 Å². The van der Waals surface area contributed by atoms with Gasteiger partial charge in [0.05, 0.1) is 0 Å². The van der Waals surface area contributed by atoms with Crippen molar-refractivity contribution in [3.8, 4) is 34.6 Å². The predicted molar refractivity (Wildman–Crippen MR) is 175 cm³/mol. The summed E-state index contributed by atoms with van der Waals surface area (Å²) in [5.41, 5.74) is 4.42. The van der Waals surface area contributed by atoms with Gasteiger partial charge in [0.1, 0.15) is 0 Å². The number of hydrogen-bond donors (Lipinski definition) is 0. The van der Waals surface area contributed by atoms with Crippen LogP contribution in [0.4, 0.5) is 8.78 Å². The lowest BCUT2D eigenvalue weighted by Crippen LogP contribution is -1.93. The SMILES string of the molecule is C#Cc1ccc(-c2ccc(SC(=O)CCCCCCCCCC(=O)Sc3ccc(-c4ccc(F)c(F)c4)cc3)cc2)cc1. The maximum Gasteiger partial charge on any atom is 0.193 e. The van der Waals surface area contributed by atoms with E-state index in [1.165, 1.54) is 35.7 Å². The van der Waals surface area contributed by atoms with Crippen molar-refractivity contribution in [2.75, 3.05) is 0 Å². The minimum atomic E-state index is -0.876. The summed E-state index contributed by atoms with van der Waals surface area (Å²) < 4.78 is 26.6. The van der Waals surface area contributed by atoms with Crippen molar-refractivity contribution in [3.05, 3.63) is 108 Å². The second kappa shape index (κ2) is 16.8. The van der Waals surface area contributed by atoms with Gasteiger partial charge >= 0.3 is 0 Å². The number of carbonyl (C=O) groups excluding carboxylic acids is 2. The van der Waals surface area contributed by atoms with Crippen molar-refractivity contribution >= 4 is 33.8 Å². The van der Waals surface area contributed by atoms with Crippen LogP contribution in [0.25, 0.3) is 22.3 Å². The van der Waals surface area contributed by atoms with Crippen molar-refractivity contribution < 1.29 is 18.4 Å². The molecule has 0 fully saturated rings. The summed E-state index contributed by atoms with van der Waals surface area (Å²) in [5, 5.41) is 0.325. The van der Waals surface area contributed by atoms with Crippen LogP contribution in [-0.2, 0) is 9.59 Å². The van der Waals surface area contributed by atoms with E-state index >= 15 is 0 Å². The van der Waals surface area contributed by atoms with Gasteiger partial charge in [-0.2, -0.15) is 0 Å². The molecular weight excluding hydrogens is 579 g/mol. The minimum Gasteiger partial charge on any atom is -0.287 e.